The lowest BCUT2D eigenvalue weighted by Gasteiger charge is -2.24. The minimum Gasteiger partial charge on any atom is -0.368 e. The molecule has 1 atom stereocenters. The Balaban J connectivity index is 1.58. The number of fused-ring (bicyclic) bond motifs is 1. The molecule has 0 unspecified atom stereocenters. The molecule has 0 aliphatic carbocycles. The number of para-hydroxylation sites is 1. The molecule has 1 N–H and O–H groups in total. The van der Waals surface area contributed by atoms with Crippen LogP contribution in [0.1, 0.15) is 18.9 Å². The van der Waals surface area contributed by atoms with Crippen molar-refractivity contribution in [3.05, 3.63) is 59.9 Å². The summed E-state index contributed by atoms with van der Waals surface area (Å²) in [5, 5.41) is 2.80. The van der Waals surface area contributed by atoms with Crippen molar-refractivity contribution in [2.45, 2.75) is 25.8 Å². The third kappa shape index (κ3) is 3.11. The van der Waals surface area contributed by atoms with Gasteiger partial charge in [-0.25, -0.2) is 4.39 Å². The number of carbonyl (C=O) groups is 1. The predicted molar refractivity (Wildman–Crippen MR) is 86.6 cm³/mol. The van der Waals surface area contributed by atoms with Crippen molar-refractivity contribution in [1.82, 2.24) is 0 Å². The Morgan fingerprint density at radius 2 is 1.95 bits per heavy atom. The van der Waals surface area contributed by atoms with Gasteiger partial charge in [0.2, 0.25) is 5.91 Å². The third-order valence-corrected chi connectivity index (χ3v) is 4.06. The Bertz CT molecular complexity index is 669. The molecule has 0 aromatic heterocycles. The first kappa shape index (κ1) is 14.6. The molecule has 1 aliphatic heterocycles. The Hall–Kier alpha value is -2.36. The molecule has 0 saturated heterocycles. The van der Waals surface area contributed by atoms with E-state index in [2.05, 4.69) is 35.3 Å². The van der Waals surface area contributed by atoms with Crippen LogP contribution in [0.4, 0.5) is 15.8 Å². The quantitative estimate of drug-likeness (QED) is 0.935. The number of halogens is 1. The van der Waals surface area contributed by atoms with Gasteiger partial charge >= 0.3 is 0 Å². The standard InChI is InChI=1S/C18H19FN2O/c1-13-12-14-4-2-3-5-17(14)21(13)11-10-18(22)20-16-8-6-15(19)7-9-16/h2-9,13H,10-12H2,1H3,(H,20,22)/t13-/m1/s1. The van der Waals surface area contributed by atoms with Gasteiger partial charge in [0, 0.05) is 30.4 Å². The number of amides is 1. The summed E-state index contributed by atoms with van der Waals surface area (Å²) in [7, 11) is 0. The Morgan fingerprint density at radius 3 is 2.73 bits per heavy atom. The number of carbonyl (C=O) groups excluding carboxylic acids is 1. The lowest BCUT2D eigenvalue weighted by molar-refractivity contribution is -0.116. The maximum Gasteiger partial charge on any atom is 0.226 e. The molecule has 22 heavy (non-hydrogen) atoms. The van der Waals surface area contributed by atoms with E-state index in [4.69, 9.17) is 0 Å². The van der Waals surface area contributed by atoms with Gasteiger partial charge in [-0.1, -0.05) is 18.2 Å². The van der Waals surface area contributed by atoms with Crippen LogP contribution < -0.4 is 10.2 Å². The smallest absolute Gasteiger partial charge is 0.226 e. The number of rotatable bonds is 4. The van der Waals surface area contributed by atoms with Gasteiger partial charge in [0.05, 0.1) is 0 Å². The predicted octanol–water partition coefficient (Wildman–Crippen LogP) is 3.61. The molecular formula is C18H19FN2O. The van der Waals surface area contributed by atoms with Gasteiger partial charge in [-0.3, -0.25) is 4.79 Å². The zero-order valence-corrected chi connectivity index (χ0v) is 12.6. The Kier molecular flexibility index (Phi) is 4.09. The summed E-state index contributed by atoms with van der Waals surface area (Å²) >= 11 is 0. The molecule has 1 aliphatic rings. The van der Waals surface area contributed by atoms with E-state index in [0.717, 1.165) is 6.42 Å². The molecule has 0 radical (unpaired) electrons. The van der Waals surface area contributed by atoms with Crippen LogP contribution in [0.5, 0.6) is 0 Å². The second-order valence-corrected chi connectivity index (χ2v) is 5.68. The third-order valence-electron chi connectivity index (χ3n) is 4.06. The highest BCUT2D eigenvalue weighted by Crippen LogP contribution is 2.31. The molecule has 1 amide bonds. The first-order valence-electron chi connectivity index (χ1n) is 7.53. The van der Waals surface area contributed by atoms with Gasteiger partial charge in [-0.15, -0.1) is 0 Å². The van der Waals surface area contributed by atoms with Crippen LogP contribution >= 0.6 is 0 Å². The van der Waals surface area contributed by atoms with Crippen LogP contribution in [0.15, 0.2) is 48.5 Å². The van der Waals surface area contributed by atoms with Gasteiger partial charge in [-0.05, 0) is 49.2 Å². The van der Waals surface area contributed by atoms with Crippen molar-refractivity contribution >= 4 is 17.3 Å². The lowest BCUT2D eigenvalue weighted by Crippen LogP contribution is -2.32. The molecule has 2 aromatic carbocycles. The average molecular weight is 298 g/mol. The van der Waals surface area contributed by atoms with Crippen LogP contribution in [0.3, 0.4) is 0 Å². The first-order chi connectivity index (χ1) is 10.6. The summed E-state index contributed by atoms with van der Waals surface area (Å²) in [5.74, 6) is -0.358. The van der Waals surface area contributed by atoms with Gasteiger partial charge in [0.25, 0.3) is 0 Å². The highest BCUT2D eigenvalue weighted by molar-refractivity contribution is 5.91. The van der Waals surface area contributed by atoms with Crippen LogP contribution in [0, 0.1) is 5.82 Å². The van der Waals surface area contributed by atoms with E-state index in [1.54, 1.807) is 12.1 Å². The topological polar surface area (TPSA) is 32.3 Å². The van der Waals surface area contributed by atoms with Crippen LogP contribution in [-0.2, 0) is 11.2 Å². The van der Waals surface area contributed by atoms with E-state index < -0.39 is 0 Å². The summed E-state index contributed by atoms with van der Waals surface area (Å²) < 4.78 is 12.8. The van der Waals surface area contributed by atoms with Crippen molar-refractivity contribution in [2.24, 2.45) is 0 Å². The highest BCUT2D eigenvalue weighted by atomic mass is 19.1. The fraction of sp³-hybridized carbons (Fsp3) is 0.278. The minimum atomic E-state index is -0.305. The fourth-order valence-corrected chi connectivity index (χ4v) is 2.95. The molecule has 114 valence electrons. The van der Waals surface area contributed by atoms with Crippen molar-refractivity contribution in [3.63, 3.8) is 0 Å². The number of benzene rings is 2. The summed E-state index contributed by atoms with van der Waals surface area (Å²) in [6.07, 6.45) is 1.44. The summed E-state index contributed by atoms with van der Waals surface area (Å²) in [6.45, 7) is 2.86. The molecule has 4 heteroatoms. The molecular weight excluding hydrogens is 279 g/mol. The highest BCUT2D eigenvalue weighted by Gasteiger charge is 2.25. The zero-order chi connectivity index (χ0) is 15.5. The maximum absolute atomic E-state index is 12.8. The van der Waals surface area contributed by atoms with Crippen molar-refractivity contribution < 1.29 is 9.18 Å². The molecule has 3 rings (SSSR count). The molecule has 3 nitrogen and oxygen atoms in total. The van der Waals surface area contributed by atoms with E-state index in [-0.39, 0.29) is 11.7 Å². The second-order valence-electron chi connectivity index (χ2n) is 5.68. The lowest BCUT2D eigenvalue weighted by atomic mass is 10.1. The molecule has 0 bridgehead atoms. The van der Waals surface area contributed by atoms with Gasteiger partial charge in [-0.2, -0.15) is 0 Å². The van der Waals surface area contributed by atoms with Gasteiger partial charge < -0.3 is 10.2 Å². The van der Waals surface area contributed by atoms with E-state index in [1.807, 2.05) is 6.07 Å². The normalized spacial score (nSPS) is 16.5. The number of hydrogen-bond donors (Lipinski definition) is 1. The molecule has 1 heterocycles. The molecule has 2 aromatic rings. The zero-order valence-electron chi connectivity index (χ0n) is 12.6. The molecule has 0 saturated carbocycles. The minimum absolute atomic E-state index is 0.0526. The fourth-order valence-electron chi connectivity index (χ4n) is 2.95. The monoisotopic (exact) mass is 298 g/mol. The van der Waals surface area contributed by atoms with Gasteiger partial charge in [0.1, 0.15) is 5.82 Å². The largest absolute Gasteiger partial charge is 0.368 e. The maximum atomic E-state index is 12.8. The second kappa shape index (κ2) is 6.18. The number of nitrogens with one attached hydrogen (secondary N) is 1. The molecule has 0 fully saturated rings. The first-order valence-corrected chi connectivity index (χ1v) is 7.53. The Labute approximate surface area is 129 Å². The van der Waals surface area contributed by atoms with E-state index in [1.165, 1.54) is 23.4 Å². The summed E-state index contributed by atoms with van der Waals surface area (Å²) in [6, 6.07) is 14.6. The van der Waals surface area contributed by atoms with Crippen LogP contribution in [-0.4, -0.2) is 18.5 Å². The number of hydrogen-bond acceptors (Lipinski definition) is 2. The average Bonchev–Trinajstić information content (AvgIpc) is 2.83. The van der Waals surface area contributed by atoms with E-state index in [9.17, 15) is 9.18 Å². The van der Waals surface area contributed by atoms with Crippen molar-refractivity contribution in [3.8, 4) is 0 Å². The Morgan fingerprint density at radius 1 is 1.23 bits per heavy atom. The summed E-state index contributed by atoms with van der Waals surface area (Å²) in [5.41, 5.74) is 3.19. The van der Waals surface area contributed by atoms with Crippen molar-refractivity contribution in [1.29, 1.82) is 0 Å². The summed E-state index contributed by atoms with van der Waals surface area (Å²) in [4.78, 5) is 14.3. The molecule has 0 spiro atoms. The van der Waals surface area contributed by atoms with E-state index in [0.29, 0.717) is 24.7 Å². The number of nitrogens with zero attached hydrogens (tertiary/aromatic N) is 1. The van der Waals surface area contributed by atoms with Crippen LogP contribution in [0.2, 0.25) is 0 Å². The van der Waals surface area contributed by atoms with Gasteiger partial charge in [0.15, 0.2) is 0 Å². The van der Waals surface area contributed by atoms with Crippen molar-refractivity contribution in [2.75, 3.05) is 16.8 Å². The van der Waals surface area contributed by atoms with Crippen LogP contribution in [0.25, 0.3) is 0 Å². The SMILES string of the molecule is C[C@@H]1Cc2ccccc2N1CCC(=O)Nc1ccc(F)cc1. The van der Waals surface area contributed by atoms with E-state index >= 15 is 0 Å². The number of anilines is 2.